The molecule has 0 saturated carbocycles. The highest BCUT2D eigenvalue weighted by Crippen LogP contribution is 2.30. The van der Waals surface area contributed by atoms with Gasteiger partial charge in [-0.15, -0.1) is 0 Å². The van der Waals surface area contributed by atoms with Gasteiger partial charge < -0.3 is 14.4 Å². The van der Waals surface area contributed by atoms with Gasteiger partial charge in [-0.2, -0.15) is 0 Å². The smallest absolute Gasteiger partial charge is 0.280 e. The van der Waals surface area contributed by atoms with Crippen molar-refractivity contribution in [3.05, 3.63) is 53.3 Å². The van der Waals surface area contributed by atoms with Gasteiger partial charge in [0.1, 0.15) is 5.69 Å². The molecule has 8 nitrogen and oxygen atoms in total. The predicted molar refractivity (Wildman–Crippen MR) is 98.6 cm³/mol. The molecule has 1 unspecified atom stereocenters. The summed E-state index contributed by atoms with van der Waals surface area (Å²) in [7, 11) is 3.04. The van der Waals surface area contributed by atoms with Crippen molar-refractivity contribution in [3.63, 3.8) is 0 Å². The summed E-state index contributed by atoms with van der Waals surface area (Å²) in [5.74, 6) is 0.0788. The number of pyridine rings is 1. The number of nitrogens with zero attached hydrogens (tertiary/aromatic N) is 3. The largest absolute Gasteiger partial charge is 0.493 e. The number of amides is 3. The van der Waals surface area contributed by atoms with Crippen LogP contribution in [0.1, 0.15) is 37.6 Å². The fourth-order valence-electron chi connectivity index (χ4n) is 3.70. The Hall–Kier alpha value is -3.42. The molecular weight excluding hydrogens is 362 g/mol. The van der Waals surface area contributed by atoms with E-state index in [4.69, 9.17) is 9.47 Å². The molecule has 3 amide bonds. The van der Waals surface area contributed by atoms with Gasteiger partial charge in [-0.25, -0.2) is 0 Å². The lowest BCUT2D eigenvalue weighted by Gasteiger charge is -2.22. The number of fused-ring (bicyclic) bond motifs is 1. The molecule has 8 heteroatoms. The molecular formula is C20H19N3O5. The molecule has 144 valence electrons. The standard InChI is InChI=1S/C20H19N3O5/c1-27-15-6-5-12(10-16(15)28-2)18(24)22-9-7-13(11-22)23-19(25)14-4-3-8-21-17(14)20(23)26/h3-6,8,10,13H,7,9,11H2,1-2H3. The Morgan fingerprint density at radius 2 is 1.89 bits per heavy atom. The van der Waals surface area contributed by atoms with Crippen molar-refractivity contribution in [1.82, 2.24) is 14.8 Å². The van der Waals surface area contributed by atoms with Crippen LogP contribution in [-0.4, -0.2) is 65.9 Å². The quantitative estimate of drug-likeness (QED) is 0.748. The van der Waals surface area contributed by atoms with Crippen molar-refractivity contribution in [2.24, 2.45) is 0 Å². The zero-order chi connectivity index (χ0) is 19.8. The number of hydrogen-bond acceptors (Lipinski definition) is 6. The number of methoxy groups -OCH3 is 2. The maximum Gasteiger partial charge on any atom is 0.280 e. The number of ether oxygens (including phenoxy) is 2. The molecule has 3 heterocycles. The third kappa shape index (κ3) is 2.77. The average molecular weight is 381 g/mol. The lowest BCUT2D eigenvalue weighted by Crippen LogP contribution is -2.42. The summed E-state index contributed by atoms with van der Waals surface area (Å²) < 4.78 is 10.5. The van der Waals surface area contributed by atoms with E-state index in [9.17, 15) is 14.4 Å². The Morgan fingerprint density at radius 1 is 1.11 bits per heavy atom. The molecule has 1 saturated heterocycles. The van der Waals surface area contributed by atoms with E-state index in [2.05, 4.69) is 4.98 Å². The fourth-order valence-corrected chi connectivity index (χ4v) is 3.70. The van der Waals surface area contributed by atoms with Crippen molar-refractivity contribution in [1.29, 1.82) is 0 Å². The molecule has 2 aliphatic rings. The first-order valence-corrected chi connectivity index (χ1v) is 8.89. The van der Waals surface area contributed by atoms with Crippen molar-refractivity contribution in [3.8, 4) is 11.5 Å². The van der Waals surface area contributed by atoms with Crippen LogP contribution >= 0.6 is 0 Å². The monoisotopic (exact) mass is 381 g/mol. The Balaban J connectivity index is 1.51. The SMILES string of the molecule is COc1ccc(C(=O)N2CCC(N3C(=O)c4cccnc4C3=O)C2)cc1OC. The molecule has 28 heavy (non-hydrogen) atoms. The number of aromatic nitrogens is 1. The molecule has 2 aromatic rings. The number of carbonyl (C=O) groups is 3. The van der Waals surface area contributed by atoms with Crippen LogP contribution < -0.4 is 9.47 Å². The van der Waals surface area contributed by atoms with Crippen LogP contribution in [-0.2, 0) is 0 Å². The summed E-state index contributed by atoms with van der Waals surface area (Å²) in [5, 5.41) is 0. The van der Waals surface area contributed by atoms with Crippen molar-refractivity contribution in [2.45, 2.75) is 12.5 Å². The number of rotatable bonds is 4. The van der Waals surface area contributed by atoms with Gasteiger partial charge in [0.25, 0.3) is 17.7 Å². The van der Waals surface area contributed by atoms with Gasteiger partial charge in [-0.1, -0.05) is 0 Å². The molecule has 1 aromatic heterocycles. The summed E-state index contributed by atoms with van der Waals surface area (Å²) in [6, 6.07) is 7.84. The van der Waals surface area contributed by atoms with Gasteiger partial charge in [-0.05, 0) is 36.8 Å². The second kappa shape index (κ2) is 6.95. The molecule has 0 radical (unpaired) electrons. The van der Waals surface area contributed by atoms with Crippen molar-refractivity contribution in [2.75, 3.05) is 27.3 Å². The lowest BCUT2D eigenvalue weighted by atomic mass is 10.1. The second-order valence-corrected chi connectivity index (χ2v) is 6.64. The third-order valence-corrected chi connectivity index (χ3v) is 5.12. The average Bonchev–Trinajstić information content (AvgIpc) is 3.30. The minimum absolute atomic E-state index is 0.178. The summed E-state index contributed by atoms with van der Waals surface area (Å²) in [5.41, 5.74) is 0.955. The maximum absolute atomic E-state index is 12.9. The van der Waals surface area contributed by atoms with Gasteiger partial charge in [0.05, 0.1) is 25.8 Å². The molecule has 1 aromatic carbocycles. The van der Waals surface area contributed by atoms with E-state index >= 15 is 0 Å². The zero-order valence-electron chi connectivity index (χ0n) is 15.5. The first-order valence-electron chi connectivity index (χ1n) is 8.89. The Morgan fingerprint density at radius 3 is 2.61 bits per heavy atom. The molecule has 0 bridgehead atoms. The highest BCUT2D eigenvalue weighted by Gasteiger charge is 2.43. The Kier molecular flexibility index (Phi) is 4.46. The van der Waals surface area contributed by atoms with Crippen LogP contribution in [0.25, 0.3) is 0 Å². The van der Waals surface area contributed by atoms with E-state index in [-0.39, 0.29) is 23.6 Å². The van der Waals surface area contributed by atoms with Gasteiger partial charge in [0.2, 0.25) is 0 Å². The first kappa shape index (κ1) is 18.0. The lowest BCUT2D eigenvalue weighted by molar-refractivity contribution is 0.0573. The van der Waals surface area contributed by atoms with Gasteiger partial charge in [0.15, 0.2) is 11.5 Å². The van der Waals surface area contributed by atoms with E-state index in [0.29, 0.717) is 42.1 Å². The van der Waals surface area contributed by atoms with Crippen molar-refractivity contribution >= 4 is 17.7 Å². The maximum atomic E-state index is 12.9. The predicted octanol–water partition coefficient (Wildman–Crippen LogP) is 1.61. The topological polar surface area (TPSA) is 89.0 Å². The molecule has 0 spiro atoms. The highest BCUT2D eigenvalue weighted by molar-refractivity contribution is 6.20. The molecule has 1 atom stereocenters. The summed E-state index contributed by atoms with van der Waals surface area (Å²) in [4.78, 5) is 45.0. The van der Waals surface area contributed by atoms with Crippen LogP contribution in [0, 0.1) is 0 Å². The summed E-state index contributed by atoms with van der Waals surface area (Å²) in [6.07, 6.45) is 2.03. The number of hydrogen-bond donors (Lipinski definition) is 0. The van der Waals surface area contributed by atoms with Gasteiger partial charge in [0, 0.05) is 24.8 Å². The Labute approximate surface area is 161 Å². The van der Waals surface area contributed by atoms with Gasteiger partial charge >= 0.3 is 0 Å². The molecule has 0 aliphatic carbocycles. The first-order chi connectivity index (χ1) is 13.5. The number of imide groups is 1. The van der Waals surface area contributed by atoms with Crippen LogP contribution in [0.3, 0.4) is 0 Å². The Bertz CT molecular complexity index is 939. The van der Waals surface area contributed by atoms with Crippen LogP contribution in [0.5, 0.6) is 11.5 Å². The van der Waals surface area contributed by atoms with Crippen LogP contribution in [0.4, 0.5) is 0 Å². The highest BCUT2D eigenvalue weighted by atomic mass is 16.5. The molecule has 0 N–H and O–H groups in total. The van der Waals surface area contributed by atoms with Crippen LogP contribution in [0.2, 0.25) is 0 Å². The van der Waals surface area contributed by atoms with E-state index < -0.39 is 5.91 Å². The number of likely N-dealkylation sites (tertiary alicyclic amines) is 1. The molecule has 4 rings (SSSR count). The number of benzene rings is 1. The van der Waals surface area contributed by atoms with E-state index in [0.717, 1.165) is 0 Å². The third-order valence-electron chi connectivity index (χ3n) is 5.12. The van der Waals surface area contributed by atoms with E-state index in [1.807, 2.05) is 0 Å². The van der Waals surface area contributed by atoms with Gasteiger partial charge in [-0.3, -0.25) is 24.3 Å². The normalized spacial score (nSPS) is 18.4. The van der Waals surface area contributed by atoms with Crippen molar-refractivity contribution < 1.29 is 23.9 Å². The van der Waals surface area contributed by atoms with Crippen LogP contribution in [0.15, 0.2) is 36.5 Å². The second-order valence-electron chi connectivity index (χ2n) is 6.64. The minimum Gasteiger partial charge on any atom is -0.493 e. The summed E-state index contributed by atoms with van der Waals surface area (Å²) in [6.45, 7) is 0.747. The molecule has 2 aliphatic heterocycles. The minimum atomic E-state index is -0.397. The van der Waals surface area contributed by atoms with E-state index in [1.54, 1.807) is 35.2 Å². The van der Waals surface area contributed by atoms with E-state index in [1.165, 1.54) is 25.3 Å². The fraction of sp³-hybridized carbons (Fsp3) is 0.300. The molecule has 1 fully saturated rings. The summed E-state index contributed by atoms with van der Waals surface area (Å²) >= 11 is 0. The zero-order valence-corrected chi connectivity index (χ0v) is 15.5. The number of carbonyl (C=O) groups excluding carboxylic acids is 3.